The smallest absolute Gasteiger partial charge is 0.226 e. The van der Waals surface area contributed by atoms with Crippen molar-refractivity contribution >= 4 is 11.6 Å². The van der Waals surface area contributed by atoms with E-state index in [1.54, 1.807) is 18.5 Å². The third-order valence-electron chi connectivity index (χ3n) is 3.54. The van der Waals surface area contributed by atoms with Crippen molar-refractivity contribution in [3.8, 4) is 5.82 Å². The van der Waals surface area contributed by atoms with Gasteiger partial charge in [0.1, 0.15) is 5.82 Å². The minimum absolute atomic E-state index is 0.0591. The first-order valence-corrected chi connectivity index (χ1v) is 7.30. The number of pyridine rings is 1. The summed E-state index contributed by atoms with van der Waals surface area (Å²) in [7, 11) is 0. The standard InChI is InChI=1S/C15H19N5O2/c1-11-16-5-7-20(11)15-13(3-2-4-18-15)19-14(21)9-12-10-22-8-6-17-12/h2-5,7,12,17H,6,8-10H2,1H3,(H,19,21). The van der Waals surface area contributed by atoms with Crippen LogP contribution in [0, 0.1) is 6.92 Å². The molecular formula is C15H19N5O2. The van der Waals surface area contributed by atoms with Crippen LogP contribution in [0.25, 0.3) is 5.82 Å². The molecule has 7 heteroatoms. The molecule has 2 aromatic heterocycles. The monoisotopic (exact) mass is 301 g/mol. The molecule has 0 radical (unpaired) electrons. The van der Waals surface area contributed by atoms with Gasteiger partial charge in [-0.3, -0.25) is 9.36 Å². The van der Waals surface area contributed by atoms with Crippen LogP contribution in [0.3, 0.4) is 0 Å². The average Bonchev–Trinajstić information content (AvgIpc) is 2.95. The van der Waals surface area contributed by atoms with Gasteiger partial charge >= 0.3 is 0 Å². The number of hydrogen-bond acceptors (Lipinski definition) is 5. The van der Waals surface area contributed by atoms with Crippen LogP contribution in [0.5, 0.6) is 0 Å². The summed E-state index contributed by atoms with van der Waals surface area (Å²) < 4.78 is 7.21. The number of carbonyl (C=O) groups excluding carboxylic acids is 1. The molecule has 2 aromatic rings. The summed E-state index contributed by atoms with van der Waals surface area (Å²) in [4.78, 5) is 20.8. The topological polar surface area (TPSA) is 81.1 Å². The number of aromatic nitrogens is 3. The largest absolute Gasteiger partial charge is 0.378 e. The fourth-order valence-corrected chi connectivity index (χ4v) is 2.46. The Morgan fingerprint density at radius 1 is 1.50 bits per heavy atom. The van der Waals surface area contributed by atoms with Crippen LogP contribution in [-0.2, 0) is 9.53 Å². The number of aryl methyl sites for hydroxylation is 1. The molecule has 1 atom stereocenters. The molecule has 0 aliphatic carbocycles. The van der Waals surface area contributed by atoms with Crippen LogP contribution in [-0.4, -0.2) is 46.2 Å². The molecule has 7 nitrogen and oxygen atoms in total. The molecule has 0 aromatic carbocycles. The Labute approximate surface area is 128 Å². The Morgan fingerprint density at radius 3 is 3.14 bits per heavy atom. The number of nitrogens with zero attached hydrogens (tertiary/aromatic N) is 3. The van der Waals surface area contributed by atoms with Crippen molar-refractivity contribution in [3.63, 3.8) is 0 Å². The van der Waals surface area contributed by atoms with E-state index in [9.17, 15) is 4.79 Å². The number of amides is 1. The van der Waals surface area contributed by atoms with Gasteiger partial charge in [0.15, 0.2) is 5.82 Å². The highest BCUT2D eigenvalue weighted by molar-refractivity contribution is 5.92. The van der Waals surface area contributed by atoms with E-state index in [1.807, 2.05) is 23.8 Å². The number of nitrogens with one attached hydrogen (secondary N) is 2. The first-order valence-electron chi connectivity index (χ1n) is 7.30. The van der Waals surface area contributed by atoms with E-state index in [-0.39, 0.29) is 11.9 Å². The highest BCUT2D eigenvalue weighted by Crippen LogP contribution is 2.18. The molecule has 1 amide bonds. The number of rotatable bonds is 4. The number of morpholine rings is 1. The molecule has 116 valence electrons. The number of imidazole rings is 1. The second kappa shape index (κ2) is 6.67. The van der Waals surface area contributed by atoms with Crippen molar-refractivity contribution in [1.29, 1.82) is 0 Å². The zero-order valence-corrected chi connectivity index (χ0v) is 12.5. The molecule has 2 N–H and O–H groups in total. The van der Waals surface area contributed by atoms with Crippen molar-refractivity contribution in [3.05, 3.63) is 36.5 Å². The molecule has 0 saturated carbocycles. The molecule has 1 aliphatic heterocycles. The normalized spacial score (nSPS) is 18.1. The van der Waals surface area contributed by atoms with Gasteiger partial charge in [0.2, 0.25) is 5.91 Å². The maximum absolute atomic E-state index is 12.2. The molecule has 1 saturated heterocycles. The molecule has 3 heterocycles. The fourth-order valence-electron chi connectivity index (χ4n) is 2.46. The van der Waals surface area contributed by atoms with Crippen molar-refractivity contribution in [2.45, 2.75) is 19.4 Å². The Kier molecular flexibility index (Phi) is 4.45. The SMILES string of the molecule is Cc1nccn1-c1ncccc1NC(=O)CC1COCCN1. The third kappa shape index (κ3) is 3.32. The molecule has 1 fully saturated rings. The quantitative estimate of drug-likeness (QED) is 0.876. The van der Waals surface area contributed by atoms with E-state index in [4.69, 9.17) is 4.74 Å². The summed E-state index contributed by atoms with van der Waals surface area (Å²) in [5.41, 5.74) is 0.672. The van der Waals surface area contributed by atoms with Crippen molar-refractivity contribution < 1.29 is 9.53 Å². The van der Waals surface area contributed by atoms with Crippen LogP contribution >= 0.6 is 0 Å². The first kappa shape index (κ1) is 14.7. The highest BCUT2D eigenvalue weighted by Gasteiger charge is 2.18. The summed E-state index contributed by atoms with van der Waals surface area (Å²) in [5.74, 6) is 1.42. The minimum Gasteiger partial charge on any atom is -0.378 e. The maximum atomic E-state index is 12.2. The number of anilines is 1. The fraction of sp³-hybridized carbons (Fsp3) is 0.400. The van der Waals surface area contributed by atoms with Gasteiger partial charge in [-0.15, -0.1) is 0 Å². The van der Waals surface area contributed by atoms with Gasteiger partial charge in [-0.2, -0.15) is 0 Å². The molecule has 22 heavy (non-hydrogen) atoms. The number of ether oxygens (including phenoxy) is 1. The molecule has 1 aliphatic rings. The third-order valence-corrected chi connectivity index (χ3v) is 3.54. The zero-order chi connectivity index (χ0) is 15.4. The Bertz CT molecular complexity index is 649. The van der Waals surface area contributed by atoms with E-state index in [2.05, 4.69) is 20.6 Å². The van der Waals surface area contributed by atoms with Gasteiger partial charge in [-0.1, -0.05) is 0 Å². The van der Waals surface area contributed by atoms with Crippen LogP contribution in [0.1, 0.15) is 12.2 Å². The van der Waals surface area contributed by atoms with E-state index in [1.165, 1.54) is 0 Å². The maximum Gasteiger partial charge on any atom is 0.226 e. The van der Waals surface area contributed by atoms with Crippen molar-refractivity contribution in [1.82, 2.24) is 19.9 Å². The Hall–Kier alpha value is -2.25. The van der Waals surface area contributed by atoms with Crippen LogP contribution < -0.4 is 10.6 Å². The zero-order valence-electron chi connectivity index (χ0n) is 12.5. The van der Waals surface area contributed by atoms with E-state index in [0.717, 1.165) is 12.4 Å². The highest BCUT2D eigenvalue weighted by atomic mass is 16.5. The second-order valence-electron chi connectivity index (χ2n) is 5.20. The van der Waals surface area contributed by atoms with E-state index < -0.39 is 0 Å². The van der Waals surface area contributed by atoms with Gasteiger partial charge in [0, 0.05) is 37.6 Å². The molecular weight excluding hydrogens is 282 g/mol. The van der Waals surface area contributed by atoms with Gasteiger partial charge < -0.3 is 15.4 Å². The Balaban J connectivity index is 1.72. The predicted octanol–water partition coefficient (Wildman–Crippen LogP) is 0.893. The first-order chi connectivity index (χ1) is 10.7. The van der Waals surface area contributed by atoms with Gasteiger partial charge in [0.25, 0.3) is 0 Å². The summed E-state index contributed by atoms with van der Waals surface area (Å²) in [5, 5.41) is 6.20. The second-order valence-corrected chi connectivity index (χ2v) is 5.20. The number of carbonyl (C=O) groups is 1. The predicted molar refractivity (Wildman–Crippen MR) is 82.0 cm³/mol. The van der Waals surface area contributed by atoms with Gasteiger partial charge in [-0.25, -0.2) is 9.97 Å². The van der Waals surface area contributed by atoms with Crippen LogP contribution in [0.15, 0.2) is 30.7 Å². The summed E-state index contributed by atoms with van der Waals surface area (Å²) in [6.07, 6.45) is 5.60. The van der Waals surface area contributed by atoms with Gasteiger partial charge in [0.05, 0.1) is 18.9 Å². The lowest BCUT2D eigenvalue weighted by Crippen LogP contribution is -2.43. The molecule has 3 rings (SSSR count). The van der Waals surface area contributed by atoms with E-state index in [0.29, 0.717) is 31.1 Å². The van der Waals surface area contributed by atoms with Crippen molar-refractivity contribution in [2.75, 3.05) is 25.1 Å². The lowest BCUT2D eigenvalue weighted by atomic mass is 10.2. The Morgan fingerprint density at radius 2 is 2.41 bits per heavy atom. The molecule has 1 unspecified atom stereocenters. The van der Waals surface area contributed by atoms with Gasteiger partial charge in [-0.05, 0) is 19.1 Å². The summed E-state index contributed by atoms with van der Waals surface area (Å²) in [6, 6.07) is 3.70. The van der Waals surface area contributed by atoms with Crippen molar-refractivity contribution in [2.24, 2.45) is 0 Å². The average molecular weight is 301 g/mol. The molecule has 0 spiro atoms. The summed E-state index contributed by atoms with van der Waals surface area (Å²) in [6.45, 7) is 3.94. The number of hydrogen-bond donors (Lipinski definition) is 2. The minimum atomic E-state index is -0.0602. The van der Waals surface area contributed by atoms with Crippen LogP contribution in [0.2, 0.25) is 0 Å². The lowest BCUT2D eigenvalue weighted by molar-refractivity contribution is -0.117. The van der Waals surface area contributed by atoms with Crippen LogP contribution in [0.4, 0.5) is 5.69 Å². The summed E-state index contributed by atoms with van der Waals surface area (Å²) >= 11 is 0. The lowest BCUT2D eigenvalue weighted by Gasteiger charge is -2.23. The van der Waals surface area contributed by atoms with E-state index >= 15 is 0 Å². The molecule has 0 bridgehead atoms.